The van der Waals surface area contributed by atoms with Gasteiger partial charge in [-0.15, -0.1) is 34.2 Å². The number of aryl methyl sites for hydroxylation is 1. The number of aliphatic imine (C=N–C) groups is 1. The van der Waals surface area contributed by atoms with Crippen LogP contribution in [-0.2, 0) is 13.6 Å². The predicted octanol–water partition coefficient (Wildman–Crippen LogP) is 2.81. The van der Waals surface area contributed by atoms with Crippen LogP contribution in [0.1, 0.15) is 31.4 Å². The van der Waals surface area contributed by atoms with Gasteiger partial charge in [-0.2, -0.15) is 0 Å². The number of hydrogen-bond acceptors (Lipinski definition) is 4. The smallest absolute Gasteiger partial charge is 0.194 e. The van der Waals surface area contributed by atoms with Gasteiger partial charge in [-0.3, -0.25) is 0 Å². The van der Waals surface area contributed by atoms with Gasteiger partial charge in [0, 0.05) is 45.5 Å². The summed E-state index contributed by atoms with van der Waals surface area (Å²) >= 11 is 0. The lowest BCUT2D eigenvalue weighted by Gasteiger charge is -2.37. The zero-order valence-electron chi connectivity index (χ0n) is 17.1. The number of rotatable bonds is 6. The van der Waals surface area contributed by atoms with Gasteiger partial charge >= 0.3 is 0 Å². The normalized spacial score (nSPS) is 14.8. The van der Waals surface area contributed by atoms with Gasteiger partial charge in [0.15, 0.2) is 11.8 Å². The standard InChI is InChI=1S/C20H31N7.HI/c1-4-5-11-21-20(22-16-19-24-23-17(2)25(19)3)27-14-12-26(13-15-27)18-9-7-6-8-10-18;/h6-10H,4-5,11-16H2,1-3H3,(H,21,22);1H. The number of piperazine rings is 1. The number of hydrogen-bond donors (Lipinski definition) is 1. The van der Waals surface area contributed by atoms with Crippen LogP contribution in [-0.4, -0.2) is 58.3 Å². The molecule has 8 heteroatoms. The Morgan fingerprint density at radius 1 is 1.11 bits per heavy atom. The van der Waals surface area contributed by atoms with E-state index < -0.39 is 0 Å². The quantitative estimate of drug-likeness (QED) is 0.288. The monoisotopic (exact) mass is 497 g/mol. The Morgan fingerprint density at radius 2 is 1.82 bits per heavy atom. The van der Waals surface area contributed by atoms with Crippen molar-refractivity contribution in [3.63, 3.8) is 0 Å². The summed E-state index contributed by atoms with van der Waals surface area (Å²) in [6, 6.07) is 10.6. The van der Waals surface area contributed by atoms with Crippen LogP contribution in [0, 0.1) is 6.92 Å². The van der Waals surface area contributed by atoms with Crippen LogP contribution < -0.4 is 10.2 Å². The maximum atomic E-state index is 4.85. The second-order valence-electron chi connectivity index (χ2n) is 6.95. The van der Waals surface area contributed by atoms with E-state index in [9.17, 15) is 0 Å². The molecule has 0 atom stereocenters. The molecule has 3 rings (SSSR count). The molecule has 28 heavy (non-hydrogen) atoms. The summed E-state index contributed by atoms with van der Waals surface area (Å²) in [6.07, 6.45) is 2.32. The van der Waals surface area contributed by atoms with E-state index in [-0.39, 0.29) is 24.0 Å². The molecule has 1 aliphatic heterocycles. The summed E-state index contributed by atoms with van der Waals surface area (Å²) < 4.78 is 2.00. The van der Waals surface area contributed by atoms with Crippen LogP contribution in [0.3, 0.4) is 0 Å². The largest absolute Gasteiger partial charge is 0.368 e. The summed E-state index contributed by atoms with van der Waals surface area (Å²) in [4.78, 5) is 9.65. The van der Waals surface area contributed by atoms with Crippen molar-refractivity contribution in [3.8, 4) is 0 Å². The number of nitrogens with zero attached hydrogens (tertiary/aromatic N) is 6. The second kappa shape index (κ2) is 11.2. The van der Waals surface area contributed by atoms with Crippen molar-refractivity contribution in [2.24, 2.45) is 12.0 Å². The van der Waals surface area contributed by atoms with E-state index in [1.54, 1.807) is 0 Å². The Bertz CT molecular complexity index is 736. The third-order valence-corrected chi connectivity index (χ3v) is 5.07. The van der Waals surface area contributed by atoms with Crippen molar-refractivity contribution >= 4 is 35.6 Å². The van der Waals surface area contributed by atoms with Crippen LogP contribution >= 0.6 is 24.0 Å². The van der Waals surface area contributed by atoms with E-state index in [4.69, 9.17) is 4.99 Å². The number of guanidine groups is 1. The summed E-state index contributed by atoms with van der Waals surface area (Å²) in [5.41, 5.74) is 1.30. The molecule has 1 N–H and O–H groups in total. The number of unbranched alkanes of at least 4 members (excludes halogenated alkanes) is 1. The fourth-order valence-corrected chi connectivity index (χ4v) is 3.19. The molecule has 1 aliphatic rings. The average Bonchev–Trinajstić information content (AvgIpc) is 3.03. The van der Waals surface area contributed by atoms with E-state index in [0.717, 1.165) is 56.8 Å². The van der Waals surface area contributed by atoms with Gasteiger partial charge in [-0.25, -0.2) is 4.99 Å². The molecule has 0 saturated carbocycles. The molecular formula is C20H32IN7. The first-order valence-electron chi connectivity index (χ1n) is 9.87. The molecule has 154 valence electrons. The SMILES string of the molecule is CCCCNC(=NCc1nnc(C)n1C)N1CCN(c2ccccc2)CC1.I. The minimum atomic E-state index is 0. The van der Waals surface area contributed by atoms with E-state index in [2.05, 4.69) is 62.6 Å². The molecule has 2 aromatic rings. The first-order chi connectivity index (χ1) is 13.2. The number of nitrogens with one attached hydrogen (secondary N) is 1. The second-order valence-corrected chi connectivity index (χ2v) is 6.95. The number of para-hydroxylation sites is 1. The van der Waals surface area contributed by atoms with Crippen LogP contribution in [0.5, 0.6) is 0 Å². The van der Waals surface area contributed by atoms with Gasteiger partial charge in [-0.05, 0) is 25.5 Å². The molecule has 2 heterocycles. The minimum absolute atomic E-state index is 0. The van der Waals surface area contributed by atoms with E-state index in [0.29, 0.717) is 6.54 Å². The Kier molecular flexibility index (Phi) is 9.01. The van der Waals surface area contributed by atoms with Gasteiger partial charge < -0.3 is 19.7 Å². The first kappa shape index (κ1) is 22.4. The molecule has 1 aromatic carbocycles. The van der Waals surface area contributed by atoms with Crippen molar-refractivity contribution in [1.82, 2.24) is 25.0 Å². The van der Waals surface area contributed by atoms with Crippen LogP contribution in [0.4, 0.5) is 5.69 Å². The third kappa shape index (κ3) is 5.83. The van der Waals surface area contributed by atoms with Gasteiger partial charge in [-0.1, -0.05) is 31.5 Å². The molecular weight excluding hydrogens is 465 g/mol. The van der Waals surface area contributed by atoms with Gasteiger partial charge in [0.2, 0.25) is 0 Å². The lowest BCUT2D eigenvalue weighted by molar-refractivity contribution is 0.371. The fraction of sp³-hybridized carbons (Fsp3) is 0.550. The summed E-state index contributed by atoms with van der Waals surface area (Å²) in [7, 11) is 1.99. The molecule has 0 aliphatic carbocycles. The molecule has 0 radical (unpaired) electrons. The van der Waals surface area contributed by atoms with E-state index in [1.165, 1.54) is 12.1 Å². The Morgan fingerprint density at radius 3 is 2.43 bits per heavy atom. The maximum Gasteiger partial charge on any atom is 0.194 e. The highest BCUT2D eigenvalue weighted by Gasteiger charge is 2.20. The molecule has 0 bridgehead atoms. The van der Waals surface area contributed by atoms with Crippen LogP contribution in [0.2, 0.25) is 0 Å². The van der Waals surface area contributed by atoms with Crippen molar-refractivity contribution in [3.05, 3.63) is 42.0 Å². The van der Waals surface area contributed by atoms with Gasteiger partial charge in [0.1, 0.15) is 12.4 Å². The number of anilines is 1. The number of benzene rings is 1. The first-order valence-corrected chi connectivity index (χ1v) is 9.87. The van der Waals surface area contributed by atoms with Crippen molar-refractivity contribution in [1.29, 1.82) is 0 Å². The summed E-state index contributed by atoms with van der Waals surface area (Å²) in [5.74, 6) is 2.79. The van der Waals surface area contributed by atoms with Crippen LogP contribution in [0.25, 0.3) is 0 Å². The number of aromatic nitrogens is 3. The highest BCUT2D eigenvalue weighted by molar-refractivity contribution is 14.0. The molecule has 7 nitrogen and oxygen atoms in total. The van der Waals surface area contributed by atoms with Crippen molar-refractivity contribution < 1.29 is 0 Å². The predicted molar refractivity (Wildman–Crippen MR) is 125 cm³/mol. The van der Waals surface area contributed by atoms with E-state index in [1.807, 2.05) is 18.5 Å². The fourth-order valence-electron chi connectivity index (χ4n) is 3.19. The zero-order valence-corrected chi connectivity index (χ0v) is 19.5. The van der Waals surface area contributed by atoms with E-state index >= 15 is 0 Å². The van der Waals surface area contributed by atoms with Crippen molar-refractivity contribution in [2.45, 2.75) is 33.2 Å². The third-order valence-electron chi connectivity index (χ3n) is 5.07. The minimum Gasteiger partial charge on any atom is -0.368 e. The van der Waals surface area contributed by atoms with Gasteiger partial charge in [0.05, 0.1) is 0 Å². The lowest BCUT2D eigenvalue weighted by atomic mass is 10.2. The topological polar surface area (TPSA) is 61.6 Å². The molecule has 1 aromatic heterocycles. The Labute approximate surface area is 185 Å². The molecule has 1 fully saturated rings. The highest BCUT2D eigenvalue weighted by atomic mass is 127. The summed E-state index contributed by atoms with van der Waals surface area (Å²) in [6.45, 7) is 9.60. The van der Waals surface area contributed by atoms with Crippen LogP contribution in [0.15, 0.2) is 35.3 Å². The average molecular weight is 497 g/mol. The molecule has 0 amide bonds. The Balaban J connectivity index is 0.00000280. The molecule has 1 saturated heterocycles. The maximum absolute atomic E-state index is 4.85. The summed E-state index contributed by atoms with van der Waals surface area (Å²) in [5, 5.41) is 11.9. The molecule has 0 unspecified atom stereocenters. The zero-order chi connectivity index (χ0) is 19.1. The van der Waals surface area contributed by atoms with Crippen molar-refractivity contribution in [2.75, 3.05) is 37.6 Å². The number of halogens is 1. The van der Waals surface area contributed by atoms with Gasteiger partial charge in [0.25, 0.3) is 0 Å². The Hall–Kier alpha value is -1.84. The highest BCUT2D eigenvalue weighted by Crippen LogP contribution is 2.15. The molecule has 0 spiro atoms. The lowest BCUT2D eigenvalue weighted by Crippen LogP contribution is -2.52.